The SMILES string of the molecule is CC(CNC(=O)O)N1CCOCC1. The number of nitrogens with one attached hydrogen (secondary N) is 1. The van der Waals surface area contributed by atoms with Crippen LogP contribution in [0.25, 0.3) is 0 Å². The molecule has 76 valence electrons. The van der Waals surface area contributed by atoms with Crippen molar-refractivity contribution in [2.24, 2.45) is 0 Å². The Morgan fingerprint density at radius 2 is 2.23 bits per heavy atom. The Balaban J connectivity index is 2.20. The van der Waals surface area contributed by atoms with Gasteiger partial charge in [0.1, 0.15) is 0 Å². The summed E-state index contributed by atoms with van der Waals surface area (Å²) in [5.41, 5.74) is 0. The highest BCUT2D eigenvalue weighted by molar-refractivity contribution is 5.64. The van der Waals surface area contributed by atoms with Gasteiger partial charge in [-0.3, -0.25) is 4.90 Å². The van der Waals surface area contributed by atoms with Crippen LogP contribution in [0.4, 0.5) is 4.79 Å². The van der Waals surface area contributed by atoms with Gasteiger partial charge in [0.15, 0.2) is 0 Å². The molecule has 5 nitrogen and oxygen atoms in total. The largest absolute Gasteiger partial charge is 0.465 e. The molecule has 0 spiro atoms. The quantitative estimate of drug-likeness (QED) is 0.653. The molecule has 1 rings (SSSR count). The summed E-state index contributed by atoms with van der Waals surface area (Å²) in [5.74, 6) is 0. The van der Waals surface area contributed by atoms with Crippen molar-refractivity contribution >= 4 is 6.09 Å². The summed E-state index contributed by atoms with van der Waals surface area (Å²) in [6.07, 6.45) is -0.958. The van der Waals surface area contributed by atoms with Crippen molar-refractivity contribution in [3.05, 3.63) is 0 Å². The molecule has 1 aliphatic heterocycles. The molecule has 1 fully saturated rings. The molecule has 1 unspecified atom stereocenters. The molecule has 13 heavy (non-hydrogen) atoms. The molecule has 0 bridgehead atoms. The van der Waals surface area contributed by atoms with Gasteiger partial charge >= 0.3 is 6.09 Å². The molecule has 0 saturated carbocycles. The number of amides is 1. The predicted molar refractivity (Wildman–Crippen MR) is 47.9 cm³/mol. The second-order valence-corrected chi connectivity index (χ2v) is 3.18. The fourth-order valence-electron chi connectivity index (χ4n) is 1.38. The number of ether oxygens (including phenoxy) is 1. The molecule has 1 aliphatic rings. The minimum absolute atomic E-state index is 0.250. The van der Waals surface area contributed by atoms with Gasteiger partial charge in [0.25, 0.3) is 0 Å². The van der Waals surface area contributed by atoms with Gasteiger partial charge in [0.2, 0.25) is 0 Å². The van der Waals surface area contributed by atoms with Gasteiger partial charge in [-0.05, 0) is 6.92 Å². The van der Waals surface area contributed by atoms with E-state index in [1.54, 1.807) is 0 Å². The first kappa shape index (κ1) is 10.3. The number of rotatable bonds is 3. The molecule has 1 saturated heterocycles. The Morgan fingerprint density at radius 3 is 2.77 bits per heavy atom. The third-order valence-corrected chi connectivity index (χ3v) is 2.22. The first-order chi connectivity index (χ1) is 6.20. The Hall–Kier alpha value is -0.810. The molecule has 1 heterocycles. The number of hydrogen-bond acceptors (Lipinski definition) is 3. The van der Waals surface area contributed by atoms with Gasteiger partial charge in [0, 0.05) is 25.7 Å². The Kier molecular flexibility index (Phi) is 3.98. The lowest BCUT2D eigenvalue weighted by atomic mass is 10.2. The lowest BCUT2D eigenvalue weighted by molar-refractivity contribution is 0.0206. The summed E-state index contributed by atoms with van der Waals surface area (Å²) >= 11 is 0. The average Bonchev–Trinajstić information content (AvgIpc) is 2.15. The Labute approximate surface area is 77.7 Å². The van der Waals surface area contributed by atoms with Crippen LogP contribution >= 0.6 is 0 Å². The lowest BCUT2D eigenvalue weighted by Crippen LogP contribution is -2.47. The minimum Gasteiger partial charge on any atom is -0.465 e. The molecule has 0 aromatic heterocycles. The number of morpholine rings is 1. The van der Waals surface area contributed by atoms with Crippen molar-refractivity contribution in [2.45, 2.75) is 13.0 Å². The molecular weight excluding hydrogens is 172 g/mol. The number of carboxylic acid groups (broad SMARTS) is 1. The molecular formula is C8H16N2O3. The van der Waals surface area contributed by atoms with Crippen molar-refractivity contribution in [3.8, 4) is 0 Å². The van der Waals surface area contributed by atoms with Gasteiger partial charge in [-0.25, -0.2) is 4.79 Å². The van der Waals surface area contributed by atoms with E-state index in [0.717, 1.165) is 26.3 Å². The van der Waals surface area contributed by atoms with Crippen molar-refractivity contribution in [1.29, 1.82) is 0 Å². The second-order valence-electron chi connectivity index (χ2n) is 3.18. The smallest absolute Gasteiger partial charge is 0.404 e. The van der Waals surface area contributed by atoms with Crippen LogP contribution in [-0.2, 0) is 4.74 Å². The maximum atomic E-state index is 10.2. The normalized spacial score (nSPS) is 21.0. The van der Waals surface area contributed by atoms with Crippen LogP contribution < -0.4 is 5.32 Å². The summed E-state index contributed by atoms with van der Waals surface area (Å²) in [4.78, 5) is 12.5. The third-order valence-electron chi connectivity index (χ3n) is 2.22. The highest BCUT2D eigenvalue weighted by Gasteiger charge is 2.16. The van der Waals surface area contributed by atoms with Crippen LogP contribution in [0, 0.1) is 0 Å². The zero-order valence-electron chi connectivity index (χ0n) is 7.82. The molecule has 0 aliphatic carbocycles. The van der Waals surface area contributed by atoms with E-state index in [2.05, 4.69) is 10.2 Å². The standard InChI is InChI=1S/C8H16N2O3/c1-7(6-9-8(11)12)10-2-4-13-5-3-10/h7,9H,2-6H2,1H3,(H,11,12). The first-order valence-corrected chi connectivity index (χ1v) is 4.48. The van der Waals surface area contributed by atoms with Gasteiger partial charge in [-0.1, -0.05) is 0 Å². The first-order valence-electron chi connectivity index (χ1n) is 4.48. The number of carbonyl (C=O) groups is 1. The number of nitrogens with zero attached hydrogens (tertiary/aromatic N) is 1. The second kappa shape index (κ2) is 5.04. The summed E-state index contributed by atoms with van der Waals surface area (Å²) in [6.45, 7) is 5.77. The zero-order valence-corrected chi connectivity index (χ0v) is 7.82. The summed E-state index contributed by atoms with van der Waals surface area (Å²) in [7, 11) is 0. The van der Waals surface area contributed by atoms with Crippen LogP contribution in [0.5, 0.6) is 0 Å². The van der Waals surface area contributed by atoms with Gasteiger partial charge in [-0.2, -0.15) is 0 Å². The predicted octanol–water partition coefficient (Wildman–Crippen LogP) is -0.0253. The maximum Gasteiger partial charge on any atom is 0.404 e. The van der Waals surface area contributed by atoms with Gasteiger partial charge in [0.05, 0.1) is 13.2 Å². The Bertz CT molecular complexity index is 169. The molecule has 0 aromatic carbocycles. The van der Waals surface area contributed by atoms with E-state index in [1.807, 2.05) is 6.92 Å². The van der Waals surface area contributed by atoms with E-state index >= 15 is 0 Å². The van der Waals surface area contributed by atoms with Crippen LogP contribution in [-0.4, -0.2) is 55.0 Å². The highest BCUT2D eigenvalue weighted by Crippen LogP contribution is 2.02. The molecule has 0 aromatic rings. The highest BCUT2D eigenvalue weighted by atomic mass is 16.5. The van der Waals surface area contributed by atoms with E-state index < -0.39 is 6.09 Å². The van der Waals surface area contributed by atoms with Crippen molar-refractivity contribution in [2.75, 3.05) is 32.8 Å². The molecule has 0 radical (unpaired) electrons. The fourth-order valence-corrected chi connectivity index (χ4v) is 1.38. The summed E-state index contributed by atoms with van der Waals surface area (Å²) in [6, 6.07) is 0.250. The van der Waals surface area contributed by atoms with Gasteiger partial charge in [-0.15, -0.1) is 0 Å². The average molecular weight is 188 g/mol. The summed E-state index contributed by atoms with van der Waals surface area (Å²) in [5, 5.41) is 10.8. The molecule has 5 heteroatoms. The van der Waals surface area contributed by atoms with Crippen LogP contribution in [0.15, 0.2) is 0 Å². The molecule has 1 atom stereocenters. The van der Waals surface area contributed by atoms with E-state index in [-0.39, 0.29) is 6.04 Å². The van der Waals surface area contributed by atoms with Gasteiger partial charge < -0.3 is 15.2 Å². The molecule has 2 N–H and O–H groups in total. The third kappa shape index (κ3) is 3.61. The molecule has 1 amide bonds. The van der Waals surface area contributed by atoms with E-state index in [9.17, 15) is 4.79 Å². The summed E-state index contributed by atoms with van der Waals surface area (Å²) < 4.78 is 5.20. The van der Waals surface area contributed by atoms with E-state index in [4.69, 9.17) is 9.84 Å². The van der Waals surface area contributed by atoms with Crippen LogP contribution in [0.3, 0.4) is 0 Å². The van der Waals surface area contributed by atoms with E-state index in [0.29, 0.717) is 6.54 Å². The van der Waals surface area contributed by atoms with Crippen molar-refractivity contribution in [1.82, 2.24) is 10.2 Å². The lowest BCUT2D eigenvalue weighted by Gasteiger charge is -2.32. The maximum absolute atomic E-state index is 10.2. The minimum atomic E-state index is -0.958. The van der Waals surface area contributed by atoms with E-state index in [1.165, 1.54) is 0 Å². The van der Waals surface area contributed by atoms with Crippen LogP contribution in [0.2, 0.25) is 0 Å². The monoisotopic (exact) mass is 188 g/mol. The fraction of sp³-hybridized carbons (Fsp3) is 0.875. The van der Waals surface area contributed by atoms with Crippen molar-refractivity contribution < 1.29 is 14.6 Å². The number of hydrogen-bond donors (Lipinski definition) is 2. The van der Waals surface area contributed by atoms with Crippen molar-refractivity contribution in [3.63, 3.8) is 0 Å². The van der Waals surface area contributed by atoms with Crippen LogP contribution in [0.1, 0.15) is 6.92 Å². The topological polar surface area (TPSA) is 61.8 Å². The Morgan fingerprint density at radius 1 is 1.62 bits per heavy atom. The zero-order chi connectivity index (χ0) is 9.68.